The number of nitrogens with one attached hydrogen (secondary N) is 1. The fourth-order valence-corrected chi connectivity index (χ4v) is 2.70. The third-order valence-electron chi connectivity index (χ3n) is 3.58. The van der Waals surface area contributed by atoms with Crippen molar-refractivity contribution in [3.8, 4) is 0 Å². The van der Waals surface area contributed by atoms with Gasteiger partial charge in [-0.1, -0.05) is 23.2 Å². The Morgan fingerprint density at radius 3 is 2.64 bits per heavy atom. The van der Waals surface area contributed by atoms with Gasteiger partial charge in [-0.25, -0.2) is 0 Å². The fourth-order valence-electron chi connectivity index (χ4n) is 2.33. The highest BCUT2D eigenvalue weighted by Crippen LogP contribution is 2.21. The topological polar surface area (TPSA) is 37.3 Å². The normalized spacial score (nSPS) is 12.5. The highest BCUT2D eigenvalue weighted by Gasteiger charge is 2.19. The smallest absolute Gasteiger partial charge is 0.252 e. The zero-order valence-corrected chi connectivity index (χ0v) is 14.3. The summed E-state index contributed by atoms with van der Waals surface area (Å²) in [5, 5.41) is 3.80. The zero-order valence-electron chi connectivity index (χ0n) is 12.8. The molecule has 22 heavy (non-hydrogen) atoms. The molecule has 0 saturated carbocycles. The molecular formula is C16H19Cl2N3O. The van der Waals surface area contributed by atoms with Crippen LogP contribution < -0.4 is 5.32 Å². The van der Waals surface area contributed by atoms with E-state index in [9.17, 15) is 4.79 Å². The van der Waals surface area contributed by atoms with Crippen LogP contribution >= 0.6 is 23.2 Å². The summed E-state index contributed by atoms with van der Waals surface area (Å²) >= 11 is 12.0. The zero-order chi connectivity index (χ0) is 16.3. The van der Waals surface area contributed by atoms with Crippen molar-refractivity contribution in [2.75, 3.05) is 20.6 Å². The van der Waals surface area contributed by atoms with Gasteiger partial charge in [-0.15, -0.1) is 0 Å². The number of nitrogens with zero attached hydrogens (tertiary/aromatic N) is 2. The average molecular weight is 340 g/mol. The summed E-state index contributed by atoms with van der Waals surface area (Å²) in [6.45, 7) is 0.479. The molecule has 1 atom stereocenters. The van der Waals surface area contributed by atoms with Crippen molar-refractivity contribution in [1.29, 1.82) is 0 Å². The summed E-state index contributed by atoms with van der Waals surface area (Å²) in [6.07, 6.45) is 1.99. The summed E-state index contributed by atoms with van der Waals surface area (Å²) in [5.41, 5.74) is 1.51. The van der Waals surface area contributed by atoms with Crippen LogP contribution in [0.15, 0.2) is 36.5 Å². The Hall–Kier alpha value is -1.49. The molecule has 1 N–H and O–H groups in total. The van der Waals surface area contributed by atoms with E-state index < -0.39 is 0 Å². The molecule has 0 bridgehead atoms. The Kier molecular flexibility index (Phi) is 5.51. The predicted octanol–water partition coefficient (Wildman–Crippen LogP) is 3.36. The summed E-state index contributed by atoms with van der Waals surface area (Å²) in [7, 11) is 5.95. The molecule has 0 saturated heterocycles. The van der Waals surface area contributed by atoms with E-state index in [-0.39, 0.29) is 11.9 Å². The number of carbonyl (C=O) groups is 1. The van der Waals surface area contributed by atoms with Crippen LogP contribution in [0, 0.1) is 0 Å². The van der Waals surface area contributed by atoms with E-state index in [0.29, 0.717) is 22.2 Å². The first-order chi connectivity index (χ1) is 10.4. The number of hydrogen-bond donors (Lipinski definition) is 1. The number of hydrogen-bond acceptors (Lipinski definition) is 2. The van der Waals surface area contributed by atoms with Crippen molar-refractivity contribution < 1.29 is 4.79 Å². The number of carbonyl (C=O) groups excluding carboxylic acids is 1. The van der Waals surface area contributed by atoms with Gasteiger partial charge in [0.15, 0.2) is 0 Å². The lowest BCUT2D eigenvalue weighted by Crippen LogP contribution is -2.35. The second-order valence-electron chi connectivity index (χ2n) is 5.36. The SMILES string of the molecule is CN(C)C(CNC(=O)c1cc(Cl)ccc1Cl)c1cccn1C. The van der Waals surface area contributed by atoms with Gasteiger partial charge in [-0.2, -0.15) is 0 Å². The fraction of sp³-hybridized carbons (Fsp3) is 0.312. The van der Waals surface area contributed by atoms with Crippen molar-refractivity contribution in [2.24, 2.45) is 7.05 Å². The molecule has 0 aliphatic rings. The number of aryl methyl sites for hydroxylation is 1. The second kappa shape index (κ2) is 7.18. The highest BCUT2D eigenvalue weighted by atomic mass is 35.5. The number of halogens is 2. The van der Waals surface area contributed by atoms with Crippen LogP contribution in [0.25, 0.3) is 0 Å². The average Bonchev–Trinajstić information content (AvgIpc) is 2.87. The molecule has 0 radical (unpaired) electrons. The van der Waals surface area contributed by atoms with Crippen molar-refractivity contribution >= 4 is 29.1 Å². The first kappa shape index (κ1) is 16.9. The van der Waals surface area contributed by atoms with Crippen LogP contribution in [-0.4, -0.2) is 36.0 Å². The van der Waals surface area contributed by atoms with Crippen LogP contribution in [0.4, 0.5) is 0 Å². The van der Waals surface area contributed by atoms with Crippen LogP contribution in [-0.2, 0) is 7.05 Å². The lowest BCUT2D eigenvalue weighted by molar-refractivity contribution is 0.0941. The monoisotopic (exact) mass is 339 g/mol. The summed E-state index contributed by atoms with van der Waals surface area (Å²) < 4.78 is 2.04. The maximum Gasteiger partial charge on any atom is 0.252 e. The van der Waals surface area contributed by atoms with Gasteiger partial charge in [0.25, 0.3) is 5.91 Å². The molecule has 2 aromatic rings. The molecule has 118 valence electrons. The molecule has 4 nitrogen and oxygen atoms in total. The minimum Gasteiger partial charge on any atom is -0.353 e. The quantitative estimate of drug-likeness (QED) is 0.906. The van der Waals surface area contributed by atoms with E-state index in [2.05, 4.69) is 10.2 Å². The van der Waals surface area contributed by atoms with Gasteiger partial charge in [0.2, 0.25) is 0 Å². The Labute approximate surface area is 140 Å². The molecule has 0 spiro atoms. The van der Waals surface area contributed by atoms with Crippen LogP contribution in [0.3, 0.4) is 0 Å². The van der Waals surface area contributed by atoms with Gasteiger partial charge in [-0.05, 0) is 44.4 Å². The van der Waals surface area contributed by atoms with Crippen LogP contribution in [0.5, 0.6) is 0 Å². The Morgan fingerprint density at radius 2 is 2.05 bits per heavy atom. The predicted molar refractivity (Wildman–Crippen MR) is 90.6 cm³/mol. The second-order valence-corrected chi connectivity index (χ2v) is 6.20. The Bertz CT molecular complexity index is 667. The Balaban J connectivity index is 2.11. The van der Waals surface area contributed by atoms with Crippen molar-refractivity contribution in [1.82, 2.24) is 14.8 Å². The van der Waals surface area contributed by atoms with Gasteiger partial charge in [0.1, 0.15) is 0 Å². The Morgan fingerprint density at radius 1 is 1.32 bits per heavy atom. The number of likely N-dealkylation sites (N-methyl/N-ethyl adjacent to an activating group) is 1. The van der Waals surface area contributed by atoms with Gasteiger partial charge >= 0.3 is 0 Å². The standard InChI is InChI=1S/C16H19Cl2N3O/c1-20(2)15(14-5-4-8-21(14)3)10-19-16(22)12-9-11(17)6-7-13(12)18/h4-9,15H,10H2,1-3H3,(H,19,22). The molecule has 2 rings (SSSR count). The minimum atomic E-state index is -0.228. The molecule has 6 heteroatoms. The summed E-state index contributed by atoms with van der Waals surface area (Å²) in [4.78, 5) is 14.4. The molecule has 1 amide bonds. The van der Waals surface area contributed by atoms with E-state index in [1.54, 1.807) is 18.2 Å². The van der Waals surface area contributed by atoms with Gasteiger partial charge in [-0.3, -0.25) is 9.69 Å². The van der Waals surface area contributed by atoms with E-state index in [0.717, 1.165) is 5.69 Å². The molecule has 0 aliphatic carbocycles. The van der Waals surface area contributed by atoms with E-state index in [1.807, 2.05) is 44.0 Å². The number of benzene rings is 1. The summed E-state index contributed by atoms with van der Waals surface area (Å²) in [5.74, 6) is -0.228. The molecule has 1 unspecified atom stereocenters. The van der Waals surface area contributed by atoms with Crippen LogP contribution in [0.2, 0.25) is 10.0 Å². The molecule has 1 heterocycles. The van der Waals surface area contributed by atoms with E-state index in [4.69, 9.17) is 23.2 Å². The van der Waals surface area contributed by atoms with E-state index >= 15 is 0 Å². The third-order valence-corrected chi connectivity index (χ3v) is 4.14. The van der Waals surface area contributed by atoms with E-state index in [1.165, 1.54) is 0 Å². The van der Waals surface area contributed by atoms with Crippen molar-refractivity contribution in [2.45, 2.75) is 6.04 Å². The van der Waals surface area contributed by atoms with Gasteiger partial charge in [0.05, 0.1) is 16.6 Å². The number of aromatic nitrogens is 1. The highest BCUT2D eigenvalue weighted by molar-refractivity contribution is 6.35. The van der Waals surface area contributed by atoms with Gasteiger partial charge < -0.3 is 9.88 Å². The lowest BCUT2D eigenvalue weighted by atomic mass is 10.1. The summed E-state index contributed by atoms with van der Waals surface area (Å²) in [6, 6.07) is 8.96. The number of rotatable bonds is 5. The van der Waals surface area contributed by atoms with Crippen molar-refractivity contribution in [3.05, 3.63) is 57.8 Å². The number of amides is 1. The molecule has 0 fully saturated rings. The van der Waals surface area contributed by atoms with Crippen LogP contribution in [0.1, 0.15) is 22.1 Å². The van der Waals surface area contributed by atoms with Crippen molar-refractivity contribution in [3.63, 3.8) is 0 Å². The maximum atomic E-state index is 12.3. The molecule has 0 aliphatic heterocycles. The lowest BCUT2D eigenvalue weighted by Gasteiger charge is -2.25. The molecular weight excluding hydrogens is 321 g/mol. The maximum absolute atomic E-state index is 12.3. The first-order valence-electron chi connectivity index (χ1n) is 6.91. The third kappa shape index (κ3) is 3.83. The van der Waals surface area contributed by atoms with Gasteiger partial charge in [0, 0.05) is 30.5 Å². The molecule has 1 aromatic carbocycles. The molecule has 1 aromatic heterocycles. The first-order valence-corrected chi connectivity index (χ1v) is 7.66. The minimum absolute atomic E-state index is 0.0712. The largest absolute Gasteiger partial charge is 0.353 e.